The summed E-state index contributed by atoms with van der Waals surface area (Å²) >= 11 is 1.07. The maximum atomic E-state index is 11.1. The first-order valence-electron chi connectivity index (χ1n) is 17.2. The van der Waals surface area contributed by atoms with Crippen LogP contribution in [-0.2, 0) is 25.7 Å². The average molecular weight is 700 g/mol. The third-order valence-electron chi connectivity index (χ3n) is 6.52. The second-order valence-corrected chi connectivity index (χ2v) is 12.0. The van der Waals surface area contributed by atoms with Crippen LogP contribution in [0.25, 0.3) is 0 Å². The summed E-state index contributed by atoms with van der Waals surface area (Å²) in [6, 6.07) is 7.40. The van der Waals surface area contributed by atoms with E-state index in [0.29, 0.717) is 26.2 Å². The van der Waals surface area contributed by atoms with Gasteiger partial charge in [0.25, 0.3) is 0 Å². The van der Waals surface area contributed by atoms with Crippen LogP contribution < -0.4 is 0 Å². The Bertz CT molecular complexity index is 953. The van der Waals surface area contributed by atoms with Crippen LogP contribution in [0.5, 0.6) is 0 Å². The summed E-state index contributed by atoms with van der Waals surface area (Å²) in [5.41, 5.74) is 0.948. The van der Waals surface area contributed by atoms with Gasteiger partial charge in [0.1, 0.15) is 5.40 Å². The van der Waals surface area contributed by atoms with Gasteiger partial charge in [0.2, 0.25) is 0 Å². The van der Waals surface area contributed by atoms with Crippen molar-refractivity contribution in [1.82, 2.24) is 9.80 Å². The lowest BCUT2D eigenvalue weighted by Gasteiger charge is -2.25. The van der Waals surface area contributed by atoms with Crippen molar-refractivity contribution >= 4 is 35.6 Å². The number of hydrogen-bond donors (Lipinski definition) is 4. The van der Waals surface area contributed by atoms with E-state index in [2.05, 4.69) is 34.6 Å². The number of rotatable bonds is 20. The number of carbonyl (C=O) groups is 4. The Morgan fingerprint density at radius 3 is 1.44 bits per heavy atom. The first kappa shape index (κ1) is 51.7. The van der Waals surface area contributed by atoms with Gasteiger partial charge in [-0.2, -0.15) is 5.26 Å². The zero-order chi connectivity index (χ0) is 37.8. The van der Waals surface area contributed by atoms with Crippen molar-refractivity contribution in [2.45, 2.75) is 131 Å². The van der Waals surface area contributed by atoms with Crippen LogP contribution in [0, 0.1) is 16.6 Å². The Morgan fingerprint density at radius 1 is 0.688 bits per heavy atom. The highest BCUT2D eigenvalue weighted by Crippen LogP contribution is 2.17. The summed E-state index contributed by atoms with van der Waals surface area (Å²) < 4.78 is 0. The number of carboxylic acids is 4. The van der Waals surface area contributed by atoms with E-state index in [1.807, 2.05) is 41.5 Å². The van der Waals surface area contributed by atoms with Gasteiger partial charge in [0, 0.05) is 37.4 Å². The van der Waals surface area contributed by atoms with E-state index in [1.54, 1.807) is 18.7 Å². The third kappa shape index (κ3) is 42.9. The smallest absolute Gasteiger partial charge is 0.317 e. The van der Waals surface area contributed by atoms with Gasteiger partial charge in [0.15, 0.2) is 0 Å². The molecule has 0 aliphatic heterocycles. The molecule has 0 saturated carbocycles. The molecule has 12 heteroatoms. The van der Waals surface area contributed by atoms with E-state index >= 15 is 0 Å². The third-order valence-corrected chi connectivity index (χ3v) is 7.12. The van der Waals surface area contributed by atoms with Gasteiger partial charge in [-0.3, -0.25) is 29.0 Å². The molecule has 1 rings (SSSR count). The summed E-state index contributed by atoms with van der Waals surface area (Å²) in [6.07, 6.45) is 10.9. The molecule has 1 aromatic carbocycles. The van der Waals surface area contributed by atoms with Gasteiger partial charge >= 0.3 is 23.9 Å². The van der Waals surface area contributed by atoms with Crippen molar-refractivity contribution in [2.24, 2.45) is 5.92 Å². The molecule has 1 unspecified atom stereocenters. The Hall–Kier alpha value is -3.14. The van der Waals surface area contributed by atoms with Gasteiger partial charge in [-0.1, -0.05) is 112 Å². The van der Waals surface area contributed by atoms with Gasteiger partial charge in [-0.15, -0.1) is 0 Å². The van der Waals surface area contributed by atoms with Gasteiger partial charge < -0.3 is 20.4 Å². The van der Waals surface area contributed by atoms with Crippen molar-refractivity contribution < 1.29 is 39.6 Å². The molecule has 0 aliphatic rings. The zero-order valence-electron chi connectivity index (χ0n) is 30.9. The van der Waals surface area contributed by atoms with Crippen molar-refractivity contribution in [3.05, 3.63) is 29.8 Å². The number of carboxylic acid groups (broad SMARTS) is 4. The largest absolute Gasteiger partial charge is 0.481 e. The lowest BCUT2D eigenvalue weighted by molar-refractivity contribution is -0.140. The predicted octanol–water partition coefficient (Wildman–Crippen LogP) is 8.32. The second-order valence-electron chi connectivity index (χ2n) is 11.1. The number of hydrogen-bond acceptors (Lipinski definition) is 8. The van der Waals surface area contributed by atoms with Crippen molar-refractivity contribution in [3.63, 3.8) is 0 Å². The number of thiocyanates is 1. The fraction of sp³-hybridized carbons (Fsp3) is 0.694. The highest BCUT2D eigenvalue weighted by Gasteiger charge is 2.14. The van der Waals surface area contributed by atoms with Gasteiger partial charge in [0.05, 0.1) is 13.1 Å². The number of nitriles is 1. The summed E-state index contributed by atoms with van der Waals surface area (Å²) in [5, 5.41) is 44.2. The number of aliphatic carboxylic acids is 4. The quantitative estimate of drug-likeness (QED) is 0.0581. The molecule has 0 saturated heterocycles. The summed E-state index contributed by atoms with van der Waals surface area (Å²) in [7, 11) is 0. The Morgan fingerprint density at radius 2 is 1.12 bits per heavy atom. The molecule has 1 atom stereocenters. The van der Waals surface area contributed by atoms with Crippen LogP contribution in [0.4, 0.5) is 0 Å². The van der Waals surface area contributed by atoms with Crippen LogP contribution in [-0.4, -0.2) is 86.8 Å². The molecular weight excluding hydrogens is 634 g/mol. The van der Waals surface area contributed by atoms with Crippen LogP contribution in [0.3, 0.4) is 0 Å². The monoisotopic (exact) mass is 699 g/mol. The molecule has 0 radical (unpaired) electrons. The molecule has 0 aliphatic carbocycles. The number of thioether (sulfide) groups is 1. The average Bonchev–Trinajstić information content (AvgIpc) is 3.04. The first-order chi connectivity index (χ1) is 22.7. The fourth-order valence-electron chi connectivity index (χ4n) is 3.64. The van der Waals surface area contributed by atoms with Crippen LogP contribution in [0.15, 0.2) is 29.2 Å². The Labute approximate surface area is 294 Å². The minimum atomic E-state index is -0.920. The van der Waals surface area contributed by atoms with Crippen molar-refractivity contribution in [3.8, 4) is 5.40 Å². The molecule has 0 fully saturated rings. The maximum Gasteiger partial charge on any atom is 0.317 e. The molecular formula is C36H65N3O8S. The van der Waals surface area contributed by atoms with Gasteiger partial charge in [-0.05, 0) is 48.3 Å². The van der Waals surface area contributed by atoms with E-state index < -0.39 is 23.9 Å². The summed E-state index contributed by atoms with van der Waals surface area (Å²) in [6.45, 7) is 18.4. The molecule has 0 amide bonds. The van der Waals surface area contributed by atoms with Crippen molar-refractivity contribution in [2.75, 3.05) is 32.7 Å². The minimum Gasteiger partial charge on any atom is -0.481 e. The van der Waals surface area contributed by atoms with Crippen LogP contribution in [0.2, 0.25) is 0 Å². The van der Waals surface area contributed by atoms with E-state index in [0.717, 1.165) is 34.6 Å². The molecule has 0 heterocycles. The fourth-order valence-corrected chi connectivity index (χ4v) is 4.01. The molecule has 0 aromatic heterocycles. The van der Waals surface area contributed by atoms with E-state index in [9.17, 15) is 19.2 Å². The van der Waals surface area contributed by atoms with Gasteiger partial charge in [-0.25, -0.2) is 0 Å². The SMILES string of the molecule is CCC(=O)O.CCC(=O)O.CCCC(C)CC.CCCCCC.CCCN(CCN(CC(=O)O)Cc1ccc(SC#N)cc1)CC(=O)O. The van der Waals surface area contributed by atoms with E-state index in [-0.39, 0.29) is 25.9 Å². The lowest BCUT2D eigenvalue weighted by atomic mass is 10.0. The standard InChI is InChI=1S/C17H23N3O4S.C7H16.C6H14.2C3H6O2/c1-2-7-19(11-16(21)22)8-9-20(12-17(23)24)10-14-3-5-15(6-4-14)25-13-18;1-4-6-7(3)5-2;1-3-5-6-4-2;2*1-2-3(4)5/h3-6H,2,7-12H2,1H3,(H,21,22)(H,23,24);7H,4-6H2,1-3H3;3-6H2,1-2H3;2*2H2,1H3,(H,4,5). The number of unbranched alkanes of at least 4 members (excludes halogenated alkanes) is 3. The number of benzene rings is 1. The lowest BCUT2D eigenvalue weighted by Crippen LogP contribution is -2.39. The van der Waals surface area contributed by atoms with Crippen LogP contribution >= 0.6 is 11.8 Å². The second kappa shape index (κ2) is 38.3. The topological polar surface area (TPSA) is 179 Å². The minimum absolute atomic E-state index is 0.0468. The van der Waals surface area contributed by atoms with Crippen LogP contribution in [0.1, 0.15) is 125 Å². The Balaban J connectivity index is -0.000000338. The highest BCUT2D eigenvalue weighted by atomic mass is 32.2. The molecule has 48 heavy (non-hydrogen) atoms. The maximum absolute atomic E-state index is 11.1. The summed E-state index contributed by atoms with van der Waals surface area (Å²) in [5.74, 6) is -2.35. The Kier molecular flexibility index (Phi) is 41.3. The highest BCUT2D eigenvalue weighted by molar-refractivity contribution is 8.03. The van der Waals surface area contributed by atoms with E-state index in [1.165, 1.54) is 44.9 Å². The molecule has 11 nitrogen and oxygen atoms in total. The molecule has 4 N–H and O–H groups in total. The molecule has 0 bridgehead atoms. The summed E-state index contributed by atoms with van der Waals surface area (Å²) in [4.78, 5) is 45.2. The van der Waals surface area contributed by atoms with Crippen molar-refractivity contribution in [1.29, 1.82) is 5.26 Å². The first-order valence-corrected chi connectivity index (χ1v) is 18.0. The predicted molar refractivity (Wildman–Crippen MR) is 195 cm³/mol. The van der Waals surface area contributed by atoms with E-state index in [4.69, 9.17) is 25.7 Å². The molecule has 278 valence electrons. The zero-order valence-corrected chi connectivity index (χ0v) is 31.7. The number of nitrogens with zero attached hydrogens (tertiary/aromatic N) is 3. The molecule has 0 spiro atoms. The normalized spacial score (nSPS) is 10.4. The molecule has 1 aromatic rings.